The second-order valence-electron chi connectivity index (χ2n) is 3.12. The zero-order valence-electron chi connectivity index (χ0n) is 8.01. The molecule has 0 atom stereocenters. The number of alkyl halides is 3. The molecule has 0 spiro atoms. The van der Waals surface area contributed by atoms with Crippen molar-refractivity contribution < 1.29 is 13.2 Å². The lowest BCUT2D eigenvalue weighted by atomic mass is 10.2. The molecule has 0 aliphatic carbocycles. The zero-order chi connectivity index (χ0) is 11.1. The van der Waals surface area contributed by atoms with Crippen LogP contribution >= 0.6 is 12.4 Å². The molecule has 2 aromatic rings. The van der Waals surface area contributed by atoms with Crippen molar-refractivity contribution in [3.05, 3.63) is 29.6 Å². The number of halogens is 4. The molecule has 88 valence electrons. The number of aromatic nitrogens is 2. The fraction of sp³-hybridized carbons (Fsp3) is 0.222. The Morgan fingerprint density at radius 1 is 1.31 bits per heavy atom. The average Bonchev–Trinajstić information content (AvgIpc) is 2.57. The standard InChI is InChI=1S/C9H8F3N3.ClH/c10-9(11,12)5-1-2-6-7(3-5)15-8(4-13)14-6;/h1-3H,4,13H2,(H,14,15);1H. The molecule has 1 aromatic heterocycles. The van der Waals surface area contributed by atoms with E-state index in [0.717, 1.165) is 12.1 Å². The fourth-order valence-corrected chi connectivity index (χ4v) is 1.34. The molecule has 0 aliphatic rings. The van der Waals surface area contributed by atoms with Crippen molar-refractivity contribution in [2.24, 2.45) is 5.73 Å². The minimum absolute atomic E-state index is 0. The van der Waals surface area contributed by atoms with Gasteiger partial charge in [-0.25, -0.2) is 4.98 Å². The first-order valence-electron chi connectivity index (χ1n) is 4.26. The van der Waals surface area contributed by atoms with Crippen LogP contribution in [0.3, 0.4) is 0 Å². The van der Waals surface area contributed by atoms with E-state index in [1.807, 2.05) is 0 Å². The highest BCUT2D eigenvalue weighted by Gasteiger charge is 2.30. The third kappa shape index (κ3) is 2.28. The summed E-state index contributed by atoms with van der Waals surface area (Å²) < 4.78 is 37.0. The Kier molecular flexibility index (Phi) is 3.44. The molecular weight excluding hydrogens is 243 g/mol. The third-order valence-electron chi connectivity index (χ3n) is 2.05. The summed E-state index contributed by atoms with van der Waals surface area (Å²) in [5.74, 6) is 0.476. The van der Waals surface area contributed by atoms with E-state index in [9.17, 15) is 13.2 Å². The van der Waals surface area contributed by atoms with Gasteiger partial charge in [-0.1, -0.05) is 0 Å². The molecular formula is C9H9ClF3N3. The Morgan fingerprint density at radius 2 is 2.00 bits per heavy atom. The summed E-state index contributed by atoms with van der Waals surface area (Å²) in [5, 5.41) is 0. The summed E-state index contributed by atoms with van der Waals surface area (Å²) in [4.78, 5) is 6.73. The number of imidazole rings is 1. The minimum Gasteiger partial charge on any atom is -0.341 e. The Bertz CT molecular complexity index is 492. The number of hydrogen-bond acceptors (Lipinski definition) is 2. The first-order valence-corrected chi connectivity index (χ1v) is 4.26. The van der Waals surface area contributed by atoms with E-state index in [-0.39, 0.29) is 19.0 Å². The molecule has 2 rings (SSSR count). The highest BCUT2D eigenvalue weighted by molar-refractivity contribution is 5.85. The predicted molar refractivity (Wildman–Crippen MR) is 56.2 cm³/mol. The summed E-state index contributed by atoms with van der Waals surface area (Å²) in [5.41, 5.74) is 5.47. The highest BCUT2D eigenvalue weighted by Crippen LogP contribution is 2.30. The van der Waals surface area contributed by atoms with Crippen LogP contribution in [0.4, 0.5) is 13.2 Å². The Labute approximate surface area is 95.3 Å². The number of benzene rings is 1. The van der Waals surface area contributed by atoms with Crippen molar-refractivity contribution >= 4 is 23.4 Å². The number of nitrogens with one attached hydrogen (secondary N) is 1. The van der Waals surface area contributed by atoms with Gasteiger partial charge in [-0.3, -0.25) is 0 Å². The number of nitrogens with zero attached hydrogens (tertiary/aromatic N) is 1. The Balaban J connectivity index is 0.00000128. The minimum atomic E-state index is -4.33. The van der Waals surface area contributed by atoms with Crippen LogP contribution in [0.2, 0.25) is 0 Å². The quantitative estimate of drug-likeness (QED) is 0.818. The van der Waals surface area contributed by atoms with E-state index < -0.39 is 11.7 Å². The Hall–Kier alpha value is -1.27. The van der Waals surface area contributed by atoms with Crippen molar-refractivity contribution in [3.8, 4) is 0 Å². The maximum absolute atomic E-state index is 12.3. The number of rotatable bonds is 1. The van der Waals surface area contributed by atoms with Gasteiger partial charge in [0, 0.05) is 0 Å². The third-order valence-corrected chi connectivity index (χ3v) is 2.05. The summed E-state index contributed by atoms with van der Waals surface area (Å²) in [7, 11) is 0. The number of aromatic amines is 1. The van der Waals surface area contributed by atoms with E-state index in [4.69, 9.17) is 5.73 Å². The van der Waals surface area contributed by atoms with Crippen LogP contribution in [0.15, 0.2) is 18.2 Å². The van der Waals surface area contributed by atoms with Crippen LogP contribution in [-0.2, 0) is 12.7 Å². The van der Waals surface area contributed by atoms with Gasteiger partial charge in [0.15, 0.2) is 0 Å². The van der Waals surface area contributed by atoms with E-state index in [0.29, 0.717) is 16.9 Å². The van der Waals surface area contributed by atoms with Crippen LogP contribution in [0, 0.1) is 0 Å². The van der Waals surface area contributed by atoms with Crippen molar-refractivity contribution in [3.63, 3.8) is 0 Å². The maximum atomic E-state index is 12.3. The molecule has 0 amide bonds. The number of hydrogen-bond donors (Lipinski definition) is 2. The molecule has 7 heteroatoms. The largest absolute Gasteiger partial charge is 0.416 e. The SMILES string of the molecule is Cl.NCc1nc2ccc(C(F)(F)F)cc2[nH]1. The van der Waals surface area contributed by atoms with Crippen LogP contribution in [0.25, 0.3) is 11.0 Å². The Morgan fingerprint density at radius 3 is 2.56 bits per heavy atom. The lowest BCUT2D eigenvalue weighted by Gasteiger charge is -2.05. The van der Waals surface area contributed by atoms with Crippen molar-refractivity contribution in [2.45, 2.75) is 12.7 Å². The van der Waals surface area contributed by atoms with Crippen molar-refractivity contribution in [1.82, 2.24) is 9.97 Å². The number of nitrogens with two attached hydrogens (primary N) is 1. The molecule has 0 unspecified atom stereocenters. The molecule has 16 heavy (non-hydrogen) atoms. The predicted octanol–water partition coefficient (Wildman–Crippen LogP) is 2.46. The molecule has 0 aliphatic heterocycles. The lowest BCUT2D eigenvalue weighted by molar-refractivity contribution is -0.137. The summed E-state index contributed by atoms with van der Waals surface area (Å²) >= 11 is 0. The van der Waals surface area contributed by atoms with Crippen LogP contribution < -0.4 is 5.73 Å². The van der Waals surface area contributed by atoms with Crippen LogP contribution in [0.1, 0.15) is 11.4 Å². The number of H-pyrrole nitrogens is 1. The molecule has 0 fully saturated rings. The fourth-order valence-electron chi connectivity index (χ4n) is 1.34. The summed E-state index contributed by atoms with van der Waals surface area (Å²) in [6.45, 7) is 0.177. The van der Waals surface area contributed by atoms with Gasteiger partial charge in [0.1, 0.15) is 5.82 Å². The normalized spacial score (nSPS) is 11.5. The van der Waals surface area contributed by atoms with Gasteiger partial charge in [-0.2, -0.15) is 13.2 Å². The molecule has 0 saturated carbocycles. The van der Waals surface area contributed by atoms with Gasteiger partial charge >= 0.3 is 6.18 Å². The van der Waals surface area contributed by atoms with Crippen LogP contribution in [-0.4, -0.2) is 9.97 Å². The van der Waals surface area contributed by atoms with Gasteiger partial charge < -0.3 is 10.7 Å². The summed E-state index contributed by atoms with van der Waals surface area (Å²) in [6.07, 6.45) is -4.33. The highest BCUT2D eigenvalue weighted by atomic mass is 35.5. The second kappa shape index (κ2) is 4.31. The smallest absolute Gasteiger partial charge is 0.341 e. The zero-order valence-corrected chi connectivity index (χ0v) is 8.82. The topological polar surface area (TPSA) is 54.7 Å². The van der Waals surface area contributed by atoms with Gasteiger partial charge in [0.25, 0.3) is 0 Å². The maximum Gasteiger partial charge on any atom is 0.416 e. The van der Waals surface area contributed by atoms with Gasteiger partial charge in [-0.15, -0.1) is 12.4 Å². The first kappa shape index (κ1) is 12.8. The molecule has 3 nitrogen and oxygen atoms in total. The van der Waals surface area contributed by atoms with E-state index >= 15 is 0 Å². The molecule has 1 heterocycles. The molecule has 0 radical (unpaired) electrons. The lowest BCUT2D eigenvalue weighted by Crippen LogP contribution is -2.04. The molecule has 0 bridgehead atoms. The first-order chi connectivity index (χ1) is 7.00. The summed E-state index contributed by atoms with van der Waals surface area (Å²) in [6, 6.07) is 3.36. The molecule has 0 saturated heterocycles. The van der Waals surface area contributed by atoms with E-state index in [1.54, 1.807) is 0 Å². The van der Waals surface area contributed by atoms with Crippen molar-refractivity contribution in [2.75, 3.05) is 0 Å². The second-order valence-corrected chi connectivity index (χ2v) is 3.12. The average molecular weight is 252 g/mol. The van der Waals surface area contributed by atoms with E-state index in [2.05, 4.69) is 9.97 Å². The van der Waals surface area contributed by atoms with E-state index in [1.165, 1.54) is 6.07 Å². The van der Waals surface area contributed by atoms with Gasteiger partial charge in [-0.05, 0) is 18.2 Å². The van der Waals surface area contributed by atoms with Crippen LogP contribution in [0.5, 0.6) is 0 Å². The van der Waals surface area contributed by atoms with Gasteiger partial charge in [0.2, 0.25) is 0 Å². The number of fused-ring (bicyclic) bond motifs is 1. The molecule has 3 N–H and O–H groups in total. The monoisotopic (exact) mass is 251 g/mol. The van der Waals surface area contributed by atoms with Crippen molar-refractivity contribution in [1.29, 1.82) is 0 Å². The molecule has 1 aromatic carbocycles. The van der Waals surface area contributed by atoms with Gasteiger partial charge in [0.05, 0.1) is 23.1 Å².